The molecule has 1 amide bonds. The van der Waals surface area contributed by atoms with Gasteiger partial charge in [0.05, 0.1) is 28.7 Å². The van der Waals surface area contributed by atoms with Crippen molar-refractivity contribution in [3.05, 3.63) is 48.9 Å². The first kappa shape index (κ1) is 21.4. The second-order valence-corrected chi connectivity index (χ2v) is 8.96. The zero-order valence-corrected chi connectivity index (χ0v) is 17.7. The highest BCUT2D eigenvalue weighted by Crippen LogP contribution is 2.35. The topological polar surface area (TPSA) is 125 Å². The molecule has 0 aliphatic rings. The van der Waals surface area contributed by atoms with E-state index >= 15 is 0 Å². The predicted molar refractivity (Wildman–Crippen MR) is 114 cm³/mol. The number of carbonyl (C=O) groups is 1. The van der Waals surface area contributed by atoms with Gasteiger partial charge in [-0.15, -0.1) is 0 Å². The van der Waals surface area contributed by atoms with Crippen molar-refractivity contribution in [2.45, 2.75) is 18.7 Å². The lowest BCUT2D eigenvalue weighted by atomic mass is 10.1. The Morgan fingerprint density at radius 1 is 1.33 bits per heavy atom. The number of hydrogen-bond acceptors (Lipinski definition) is 6. The molecule has 0 spiro atoms. The van der Waals surface area contributed by atoms with Gasteiger partial charge in [0.2, 0.25) is 5.95 Å². The Morgan fingerprint density at radius 2 is 2.07 bits per heavy atom. The van der Waals surface area contributed by atoms with Gasteiger partial charge >= 0.3 is 6.09 Å². The lowest BCUT2D eigenvalue weighted by Gasteiger charge is -2.27. The summed E-state index contributed by atoms with van der Waals surface area (Å²) in [5, 5.41) is 12.8. The molecule has 1 aromatic heterocycles. The number of nitrogens with one attached hydrogen (secondary N) is 2. The number of rotatable bonds is 6. The predicted octanol–water partition coefficient (Wildman–Crippen LogP) is 3.48. The molecule has 0 aliphatic carbocycles. The van der Waals surface area contributed by atoms with E-state index < -0.39 is 16.1 Å². The number of phenols is 1. The van der Waals surface area contributed by atoms with Crippen LogP contribution in [0.15, 0.2) is 41.3 Å². The number of methoxy groups -OCH3 is 1. The number of benzene rings is 2. The van der Waals surface area contributed by atoms with Crippen molar-refractivity contribution >= 4 is 38.8 Å². The van der Waals surface area contributed by atoms with E-state index in [9.17, 15) is 18.3 Å². The molecule has 2 aromatic carbocycles. The van der Waals surface area contributed by atoms with Gasteiger partial charge in [-0.2, -0.15) is 0 Å². The zero-order chi connectivity index (χ0) is 22.1. The number of para-hydroxylation sites is 1. The summed E-state index contributed by atoms with van der Waals surface area (Å²) in [6, 6.07) is 9.18. The molecular weight excluding hydrogens is 408 g/mol. The highest BCUT2D eigenvalue weighted by Gasteiger charge is 2.28. The molecule has 0 saturated carbocycles. The number of amides is 1. The lowest BCUT2D eigenvalue weighted by Crippen LogP contribution is -2.34. The molecule has 3 aromatic rings. The maximum Gasteiger partial charge on any atom is 0.413 e. The average molecular weight is 431 g/mol. The fourth-order valence-corrected chi connectivity index (χ4v) is 4.57. The van der Waals surface area contributed by atoms with Crippen LogP contribution in [-0.4, -0.2) is 43.2 Å². The summed E-state index contributed by atoms with van der Waals surface area (Å²) < 4.78 is 32.6. The number of aromatic hydroxyl groups is 1. The van der Waals surface area contributed by atoms with Crippen molar-refractivity contribution in [2.24, 2.45) is 5.92 Å². The van der Waals surface area contributed by atoms with Crippen LogP contribution >= 0.6 is 0 Å². The highest BCUT2D eigenvalue weighted by atomic mass is 32.2. The van der Waals surface area contributed by atoms with Crippen LogP contribution < -0.4 is 9.62 Å². The van der Waals surface area contributed by atoms with Crippen LogP contribution in [0.1, 0.15) is 19.4 Å². The Morgan fingerprint density at radius 3 is 2.73 bits per heavy atom. The van der Waals surface area contributed by atoms with Gasteiger partial charge in [-0.1, -0.05) is 26.0 Å². The Kier molecular flexibility index (Phi) is 5.88. The minimum Gasteiger partial charge on any atom is -0.505 e. The Labute approximate surface area is 174 Å². The van der Waals surface area contributed by atoms with E-state index in [1.807, 2.05) is 13.8 Å². The van der Waals surface area contributed by atoms with Crippen molar-refractivity contribution in [1.82, 2.24) is 9.97 Å². The minimum atomic E-state index is -4.02. The molecule has 0 saturated heterocycles. The first-order chi connectivity index (χ1) is 14.1. The van der Waals surface area contributed by atoms with E-state index in [1.54, 1.807) is 18.2 Å². The summed E-state index contributed by atoms with van der Waals surface area (Å²) in [5.41, 5.74) is 1.38. The Hall–Kier alpha value is -3.27. The van der Waals surface area contributed by atoms with Crippen molar-refractivity contribution in [3.63, 3.8) is 0 Å². The van der Waals surface area contributed by atoms with Crippen molar-refractivity contribution in [2.75, 3.05) is 23.3 Å². The molecule has 0 atom stereocenters. The molecule has 0 unspecified atom stereocenters. The normalized spacial score (nSPS) is 11.6. The number of H-pyrrole nitrogens is 1. The van der Waals surface area contributed by atoms with E-state index in [2.05, 4.69) is 26.9 Å². The standard InChI is InChI=1S/C20H23N4O5S/c1-12(2)11-24(17-7-5-6-13(3)18(17)25)30(27,28)14-8-9-15-16(10-14)22-19(21-15)23-20(26)29-4/h5-10,12,25H,3,11H2,1-2,4H3,(H2,21,22,23,26). The molecule has 30 heavy (non-hydrogen) atoms. The SMILES string of the molecule is [CH2]c1cccc(N(CC(C)C)S(=O)(=O)c2ccc3[nH]c(NC(=O)OC)nc3c2)c1O. The van der Waals surface area contributed by atoms with E-state index in [1.165, 1.54) is 29.6 Å². The molecule has 159 valence electrons. The monoisotopic (exact) mass is 431 g/mol. The summed E-state index contributed by atoms with van der Waals surface area (Å²) in [7, 11) is -2.79. The van der Waals surface area contributed by atoms with Crippen LogP contribution in [0.2, 0.25) is 0 Å². The third-order valence-corrected chi connectivity index (χ3v) is 6.12. The van der Waals surface area contributed by atoms with Crippen molar-refractivity contribution in [1.29, 1.82) is 0 Å². The summed E-state index contributed by atoms with van der Waals surface area (Å²) >= 11 is 0. The summed E-state index contributed by atoms with van der Waals surface area (Å²) in [6.07, 6.45) is -0.700. The van der Waals surface area contributed by atoms with Gasteiger partial charge in [-0.3, -0.25) is 9.62 Å². The molecule has 1 radical (unpaired) electrons. The highest BCUT2D eigenvalue weighted by molar-refractivity contribution is 7.92. The van der Waals surface area contributed by atoms with Crippen LogP contribution in [0.4, 0.5) is 16.4 Å². The minimum absolute atomic E-state index is 0.000586. The molecule has 3 N–H and O–H groups in total. The number of anilines is 2. The van der Waals surface area contributed by atoms with E-state index in [4.69, 9.17) is 0 Å². The number of sulfonamides is 1. The van der Waals surface area contributed by atoms with Gasteiger partial charge < -0.3 is 14.8 Å². The van der Waals surface area contributed by atoms with E-state index in [-0.39, 0.29) is 34.7 Å². The van der Waals surface area contributed by atoms with E-state index in [0.29, 0.717) is 16.6 Å². The second-order valence-electron chi connectivity index (χ2n) is 7.10. The van der Waals surface area contributed by atoms with Gasteiger partial charge in [0.1, 0.15) is 5.75 Å². The van der Waals surface area contributed by atoms with Crippen LogP contribution in [0.3, 0.4) is 0 Å². The second kappa shape index (κ2) is 8.23. The number of aromatic nitrogens is 2. The number of phenolic OH excluding ortho intramolecular Hbond substituents is 1. The van der Waals surface area contributed by atoms with Crippen LogP contribution in [0, 0.1) is 12.8 Å². The van der Waals surface area contributed by atoms with Crippen molar-refractivity contribution < 1.29 is 23.1 Å². The number of aromatic amines is 1. The van der Waals surface area contributed by atoms with Gasteiger partial charge in [-0.05, 0) is 42.7 Å². The van der Waals surface area contributed by atoms with Crippen molar-refractivity contribution in [3.8, 4) is 5.75 Å². The molecule has 1 heterocycles. The molecule has 0 aliphatic heterocycles. The summed E-state index contributed by atoms with van der Waals surface area (Å²) in [6.45, 7) is 7.67. The van der Waals surface area contributed by atoms with Gasteiger partial charge in [0.25, 0.3) is 10.0 Å². The number of imidazole rings is 1. The van der Waals surface area contributed by atoms with E-state index in [0.717, 1.165) is 0 Å². The Bertz CT molecular complexity index is 1190. The Balaban J connectivity index is 2.07. The first-order valence-corrected chi connectivity index (χ1v) is 10.6. The first-order valence-electron chi connectivity index (χ1n) is 9.15. The number of fused-ring (bicyclic) bond motifs is 1. The third-order valence-electron chi connectivity index (χ3n) is 4.35. The smallest absolute Gasteiger partial charge is 0.413 e. The molecule has 10 heteroatoms. The van der Waals surface area contributed by atoms with Crippen LogP contribution in [-0.2, 0) is 14.8 Å². The number of ether oxygens (including phenoxy) is 1. The quantitative estimate of drug-likeness (QED) is 0.549. The maximum absolute atomic E-state index is 13.5. The molecule has 9 nitrogen and oxygen atoms in total. The summed E-state index contributed by atoms with van der Waals surface area (Å²) in [4.78, 5) is 18.4. The van der Waals surface area contributed by atoms with Gasteiger partial charge in [0.15, 0.2) is 0 Å². The van der Waals surface area contributed by atoms with Gasteiger partial charge in [0, 0.05) is 6.54 Å². The number of carbonyl (C=O) groups excluding carboxylic acids is 1. The zero-order valence-electron chi connectivity index (χ0n) is 16.8. The lowest BCUT2D eigenvalue weighted by molar-refractivity contribution is 0.186. The number of hydrogen-bond donors (Lipinski definition) is 3. The molecule has 0 fully saturated rings. The summed E-state index contributed by atoms with van der Waals surface area (Å²) in [5.74, 6) is -0.0578. The maximum atomic E-state index is 13.5. The molecular formula is C20H23N4O5S. The molecule has 0 bridgehead atoms. The fourth-order valence-electron chi connectivity index (χ4n) is 2.92. The largest absolute Gasteiger partial charge is 0.505 e. The average Bonchev–Trinajstić information content (AvgIpc) is 3.09. The van der Waals surface area contributed by atoms with Crippen LogP contribution in [0.5, 0.6) is 5.75 Å². The van der Waals surface area contributed by atoms with Crippen LogP contribution in [0.25, 0.3) is 11.0 Å². The molecule has 3 rings (SSSR count). The third kappa shape index (κ3) is 4.18. The fraction of sp³-hybridized carbons (Fsp3) is 0.250. The number of nitrogens with zero attached hydrogens (tertiary/aromatic N) is 2. The van der Waals surface area contributed by atoms with Gasteiger partial charge in [-0.25, -0.2) is 18.2 Å².